The zero-order chi connectivity index (χ0) is 20.4. The highest BCUT2D eigenvalue weighted by molar-refractivity contribution is 5.84. The van der Waals surface area contributed by atoms with Crippen molar-refractivity contribution < 1.29 is 19.8 Å². The Balaban J connectivity index is 3.40. The van der Waals surface area contributed by atoms with Crippen LogP contribution in [-0.4, -0.2) is 27.7 Å². The lowest BCUT2D eigenvalue weighted by molar-refractivity contribution is -0.150. The molecule has 0 bridgehead atoms. The minimum Gasteiger partial charge on any atom is -0.481 e. The molecule has 4 N–H and O–H groups in total. The van der Waals surface area contributed by atoms with Crippen LogP contribution in [-0.2, 0) is 9.59 Å². The lowest BCUT2D eigenvalue weighted by atomic mass is 9.89. The number of rotatable bonds is 20. The molecule has 0 heterocycles. The molecule has 0 aliphatic heterocycles. The molecule has 1 unspecified atom stereocenters. The van der Waals surface area contributed by atoms with Crippen molar-refractivity contribution in [1.29, 1.82) is 0 Å². The van der Waals surface area contributed by atoms with Crippen LogP contribution in [0, 0.1) is 0 Å². The highest BCUT2D eigenvalue weighted by atomic mass is 16.4. The molecule has 27 heavy (non-hydrogen) atoms. The van der Waals surface area contributed by atoms with Gasteiger partial charge in [-0.25, -0.2) is 0 Å². The molecule has 0 radical (unpaired) electrons. The van der Waals surface area contributed by atoms with Gasteiger partial charge < -0.3 is 15.9 Å². The van der Waals surface area contributed by atoms with Crippen LogP contribution >= 0.6 is 0 Å². The molecule has 0 saturated carbocycles. The fourth-order valence-electron chi connectivity index (χ4n) is 3.53. The third-order valence-corrected chi connectivity index (χ3v) is 5.37. The van der Waals surface area contributed by atoms with E-state index < -0.39 is 23.9 Å². The van der Waals surface area contributed by atoms with Crippen molar-refractivity contribution in [3.8, 4) is 0 Å². The number of hydrogen-bond acceptors (Lipinski definition) is 3. The normalized spacial score (nSPS) is 13.4. The molecule has 0 rings (SSSR count). The van der Waals surface area contributed by atoms with E-state index in [9.17, 15) is 9.59 Å². The van der Waals surface area contributed by atoms with Crippen molar-refractivity contribution in [3.05, 3.63) is 0 Å². The standard InChI is InChI=1S/C22H43NO4/c1-2-3-4-5-6-7-8-9-10-11-12-13-14-15-16-17-18-22(23,21(26)27)19-20(24)25/h2-19,23H2,1H3,(H,24,25)(H,26,27). The fourth-order valence-corrected chi connectivity index (χ4v) is 3.53. The monoisotopic (exact) mass is 385 g/mol. The van der Waals surface area contributed by atoms with Gasteiger partial charge in [-0.2, -0.15) is 0 Å². The van der Waals surface area contributed by atoms with Crippen molar-refractivity contribution in [2.75, 3.05) is 0 Å². The van der Waals surface area contributed by atoms with Crippen molar-refractivity contribution in [1.82, 2.24) is 0 Å². The average Bonchev–Trinajstić information content (AvgIpc) is 2.60. The lowest BCUT2D eigenvalue weighted by Gasteiger charge is -2.22. The van der Waals surface area contributed by atoms with Crippen LogP contribution in [0.25, 0.3) is 0 Å². The summed E-state index contributed by atoms with van der Waals surface area (Å²) in [6, 6.07) is 0. The van der Waals surface area contributed by atoms with Gasteiger partial charge in [0, 0.05) is 0 Å². The minimum absolute atomic E-state index is 0.229. The summed E-state index contributed by atoms with van der Waals surface area (Å²) < 4.78 is 0. The van der Waals surface area contributed by atoms with E-state index in [-0.39, 0.29) is 6.42 Å². The number of hydrogen-bond donors (Lipinski definition) is 3. The van der Waals surface area contributed by atoms with Crippen molar-refractivity contribution in [2.45, 2.75) is 128 Å². The Bertz CT molecular complexity index is 387. The summed E-state index contributed by atoms with van der Waals surface area (Å²) in [5.74, 6) is -2.37. The second kappa shape index (κ2) is 17.0. The Morgan fingerprint density at radius 3 is 1.30 bits per heavy atom. The van der Waals surface area contributed by atoms with E-state index in [4.69, 9.17) is 15.9 Å². The average molecular weight is 386 g/mol. The first-order valence-electron chi connectivity index (χ1n) is 11.2. The second-order valence-electron chi connectivity index (χ2n) is 8.09. The van der Waals surface area contributed by atoms with E-state index in [0.717, 1.165) is 12.8 Å². The first kappa shape index (κ1) is 25.9. The third kappa shape index (κ3) is 15.6. The Morgan fingerprint density at radius 1 is 0.667 bits per heavy atom. The maximum atomic E-state index is 11.2. The van der Waals surface area contributed by atoms with Gasteiger partial charge in [0.2, 0.25) is 0 Å². The molecule has 0 aromatic heterocycles. The zero-order valence-corrected chi connectivity index (χ0v) is 17.5. The van der Waals surface area contributed by atoms with Crippen LogP contribution in [0.2, 0.25) is 0 Å². The fraction of sp³-hybridized carbons (Fsp3) is 0.909. The third-order valence-electron chi connectivity index (χ3n) is 5.37. The number of nitrogens with two attached hydrogens (primary N) is 1. The highest BCUT2D eigenvalue weighted by Crippen LogP contribution is 2.19. The second-order valence-corrected chi connectivity index (χ2v) is 8.09. The van der Waals surface area contributed by atoms with E-state index >= 15 is 0 Å². The summed E-state index contributed by atoms with van der Waals surface area (Å²) in [5.41, 5.74) is 4.10. The molecule has 0 saturated heterocycles. The molecule has 0 aliphatic carbocycles. The highest BCUT2D eigenvalue weighted by Gasteiger charge is 2.35. The molecule has 0 fully saturated rings. The van der Waals surface area contributed by atoms with Gasteiger partial charge in [-0.15, -0.1) is 0 Å². The largest absolute Gasteiger partial charge is 0.481 e. The summed E-state index contributed by atoms with van der Waals surface area (Å²) in [6.45, 7) is 2.26. The number of unbranched alkanes of at least 4 members (excludes halogenated alkanes) is 15. The Labute approximate surface area is 166 Å². The predicted molar refractivity (Wildman–Crippen MR) is 111 cm³/mol. The number of carboxylic acid groups (broad SMARTS) is 2. The molecule has 0 spiro atoms. The quantitative estimate of drug-likeness (QED) is 0.227. The molecule has 5 nitrogen and oxygen atoms in total. The molecule has 160 valence electrons. The molecule has 0 aliphatic rings. The smallest absolute Gasteiger partial charge is 0.324 e. The van der Waals surface area contributed by atoms with Crippen molar-refractivity contribution in [2.24, 2.45) is 5.73 Å². The van der Waals surface area contributed by atoms with Crippen LogP contribution in [0.3, 0.4) is 0 Å². The van der Waals surface area contributed by atoms with E-state index in [2.05, 4.69) is 6.92 Å². The van der Waals surface area contributed by atoms with E-state index in [1.165, 1.54) is 83.5 Å². The van der Waals surface area contributed by atoms with Crippen molar-refractivity contribution in [3.63, 3.8) is 0 Å². The Kier molecular flexibility index (Phi) is 16.3. The van der Waals surface area contributed by atoms with Crippen molar-refractivity contribution >= 4 is 11.9 Å². The Hall–Kier alpha value is -1.10. The summed E-state index contributed by atoms with van der Waals surface area (Å²) in [5, 5.41) is 17.9. The summed E-state index contributed by atoms with van der Waals surface area (Å²) >= 11 is 0. The molecule has 1 atom stereocenters. The maximum Gasteiger partial charge on any atom is 0.324 e. The van der Waals surface area contributed by atoms with Gasteiger partial charge in [-0.3, -0.25) is 9.59 Å². The lowest BCUT2D eigenvalue weighted by Crippen LogP contribution is -2.49. The van der Waals surface area contributed by atoms with E-state index in [0.29, 0.717) is 6.42 Å². The van der Waals surface area contributed by atoms with Gasteiger partial charge >= 0.3 is 11.9 Å². The number of carboxylic acids is 2. The summed E-state index contributed by atoms with van der Waals surface area (Å²) in [4.78, 5) is 21.9. The van der Waals surface area contributed by atoms with Crippen LogP contribution in [0.5, 0.6) is 0 Å². The first-order chi connectivity index (χ1) is 12.9. The van der Waals surface area contributed by atoms with Gasteiger partial charge in [0.25, 0.3) is 0 Å². The molecule has 5 heteroatoms. The van der Waals surface area contributed by atoms with Crippen LogP contribution in [0.4, 0.5) is 0 Å². The molecule has 0 aromatic rings. The number of aliphatic carboxylic acids is 2. The Morgan fingerprint density at radius 2 is 1.00 bits per heavy atom. The summed E-state index contributed by atoms with van der Waals surface area (Å²) in [7, 11) is 0. The molecule has 0 amide bonds. The molecular formula is C22H43NO4. The van der Waals surface area contributed by atoms with E-state index in [1.54, 1.807) is 0 Å². The van der Waals surface area contributed by atoms with E-state index in [1.807, 2.05) is 0 Å². The number of carbonyl (C=O) groups is 2. The summed E-state index contributed by atoms with van der Waals surface area (Å²) in [6.07, 6.45) is 19.8. The zero-order valence-electron chi connectivity index (χ0n) is 17.5. The molecule has 0 aromatic carbocycles. The first-order valence-corrected chi connectivity index (χ1v) is 11.2. The predicted octanol–water partition coefficient (Wildman–Crippen LogP) is 5.89. The van der Waals surface area contributed by atoms with Gasteiger partial charge in [0.05, 0.1) is 6.42 Å². The van der Waals surface area contributed by atoms with Crippen LogP contribution < -0.4 is 5.73 Å². The maximum absolute atomic E-state index is 11.2. The van der Waals surface area contributed by atoms with Gasteiger partial charge in [0.15, 0.2) is 0 Å². The van der Waals surface area contributed by atoms with Gasteiger partial charge in [-0.1, -0.05) is 110 Å². The topological polar surface area (TPSA) is 101 Å². The minimum atomic E-state index is -1.62. The molecular weight excluding hydrogens is 342 g/mol. The van der Waals surface area contributed by atoms with Gasteiger partial charge in [-0.05, 0) is 6.42 Å². The van der Waals surface area contributed by atoms with Crippen LogP contribution in [0.15, 0.2) is 0 Å². The SMILES string of the molecule is CCCCCCCCCCCCCCCCCCC(N)(CC(=O)O)C(=O)O. The van der Waals surface area contributed by atoms with Crippen LogP contribution in [0.1, 0.15) is 122 Å². The van der Waals surface area contributed by atoms with Gasteiger partial charge in [0.1, 0.15) is 5.54 Å².